The highest BCUT2D eigenvalue weighted by Crippen LogP contribution is 2.27. The van der Waals surface area contributed by atoms with Gasteiger partial charge in [0.05, 0.1) is 0 Å². The van der Waals surface area contributed by atoms with E-state index in [9.17, 15) is 4.79 Å². The molecule has 1 aromatic carbocycles. The topological polar surface area (TPSA) is 57.2 Å². The second kappa shape index (κ2) is 6.51. The largest absolute Gasteiger partial charge is 0.422 e. The molecular weight excluding hydrogens is 284 g/mol. The average Bonchev–Trinajstić information content (AvgIpc) is 2.47. The molecule has 0 bridgehead atoms. The monoisotopic (exact) mass is 300 g/mol. The second-order valence-corrected chi connectivity index (χ2v) is 5.93. The Morgan fingerprint density at radius 3 is 2.48 bits per heavy atom. The lowest BCUT2D eigenvalue weighted by Crippen LogP contribution is -2.08. The van der Waals surface area contributed by atoms with Crippen LogP contribution in [0.15, 0.2) is 44.4 Å². The van der Waals surface area contributed by atoms with Crippen LogP contribution in [0.5, 0.6) is 0 Å². The van der Waals surface area contributed by atoms with Gasteiger partial charge in [-0.05, 0) is 36.1 Å². The molecule has 0 atom stereocenters. The maximum absolute atomic E-state index is 11.9. The summed E-state index contributed by atoms with van der Waals surface area (Å²) < 4.78 is 5.27. The molecule has 108 valence electrons. The van der Waals surface area contributed by atoms with Crippen molar-refractivity contribution in [1.82, 2.24) is 0 Å². The molecule has 0 aliphatic carbocycles. The van der Waals surface area contributed by atoms with Crippen LogP contribution in [0.1, 0.15) is 12.5 Å². The average molecular weight is 300 g/mol. The van der Waals surface area contributed by atoms with Gasteiger partial charge in [-0.25, -0.2) is 4.79 Å². The van der Waals surface area contributed by atoms with Crippen molar-refractivity contribution in [3.8, 4) is 17.4 Å². The molecular formula is C16H16N2O2S. The van der Waals surface area contributed by atoms with Gasteiger partial charge in [0, 0.05) is 30.2 Å². The molecule has 1 heterocycles. The third-order valence-corrected chi connectivity index (χ3v) is 3.92. The van der Waals surface area contributed by atoms with Gasteiger partial charge in [-0.15, -0.1) is 11.8 Å². The van der Waals surface area contributed by atoms with Gasteiger partial charge >= 0.3 is 5.63 Å². The summed E-state index contributed by atoms with van der Waals surface area (Å²) in [6, 6.07) is 11.4. The highest BCUT2D eigenvalue weighted by molar-refractivity contribution is 7.99. The van der Waals surface area contributed by atoms with E-state index in [4.69, 9.17) is 9.68 Å². The fourth-order valence-electron chi connectivity index (χ4n) is 1.91. The lowest BCUT2D eigenvalue weighted by atomic mass is 10.1. The summed E-state index contributed by atoms with van der Waals surface area (Å²) in [5, 5.41) is 9.06. The third-order valence-electron chi connectivity index (χ3n) is 3.00. The Hall–Kier alpha value is -2.19. The SMILES string of the molecule is CCSc1cc(-c2ccc(N(C)C)cc2)oc(=O)c1C#N. The number of hydrogen-bond donors (Lipinski definition) is 0. The van der Waals surface area contributed by atoms with Crippen molar-refractivity contribution in [2.75, 3.05) is 24.7 Å². The molecule has 0 saturated heterocycles. The lowest BCUT2D eigenvalue weighted by Gasteiger charge is -2.12. The Bertz CT molecular complexity index is 727. The molecule has 0 aliphatic rings. The molecule has 0 fully saturated rings. The highest BCUT2D eigenvalue weighted by atomic mass is 32.2. The molecule has 0 spiro atoms. The van der Waals surface area contributed by atoms with E-state index in [0.717, 1.165) is 17.0 Å². The van der Waals surface area contributed by atoms with E-state index in [1.165, 1.54) is 11.8 Å². The fraction of sp³-hybridized carbons (Fsp3) is 0.250. The predicted molar refractivity (Wildman–Crippen MR) is 85.9 cm³/mol. The summed E-state index contributed by atoms with van der Waals surface area (Å²) in [7, 11) is 3.93. The van der Waals surface area contributed by atoms with Crippen LogP contribution in [0.4, 0.5) is 5.69 Å². The molecule has 5 heteroatoms. The van der Waals surface area contributed by atoms with Gasteiger partial charge in [-0.3, -0.25) is 0 Å². The minimum absolute atomic E-state index is 0.0792. The van der Waals surface area contributed by atoms with E-state index in [1.54, 1.807) is 6.07 Å². The van der Waals surface area contributed by atoms with E-state index in [0.29, 0.717) is 10.7 Å². The van der Waals surface area contributed by atoms with E-state index in [1.807, 2.05) is 56.3 Å². The Morgan fingerprint density at radius 1 is 1.29 bits per heavy atom. The van der Waals surface area contributed by atoms with E-state index in [2.05, 4.69) is 0 Å². The van der Waals surface area contributed by atoms with Crippen molar-refractivity contribution in [2.24, 2.45) is 0 Å². The Balaban J connectivity index is 2.49. The summed E-state index contributed by atoms with van der Waals surface area (Å²) in [6.07, 6.45) is 0. The van der Waals surface area contributed by atoms with Crippen LogP contribution in [-0.4, -0.2) is 19.8 Å². The molecule has 0 amide bonds. The summed E-state index contributed by atoms with van der Waals surface area (Å²) >= 11 is 1.47. The molecule has 0 radical (unpaired) electrons. The molecule has 0 N–H and O–H groups in total. The van der Waals surface area contributed by atoms with Crippen LogP contribution < -0.4 is 10.5 Å². The Labute approximate surface area is 128 Å². The number of hydrogen-bond acceptors (Lipinski definition) is 5. The molecule has 0 saturated carbocycles. The van der Waals surface area contributed by atoms with Gasteiger partial charge in [0.1, 0.15) is 11.8 Å². The molecule has 1 aromatic heterocycles. The van der Waals surface area contributed by atoms with Crippen molar-refractivity contribution in [1.29, 1.82) is 5.26 Å². The molecule has 0 unspecified atom stereocenters. The predicted octanol–water partition coefficient (Wildman–Crippen LogP) is 3.36. The lowest BCUT2D eigenvalue weighted by molar-refractivity contribution is 0.518. The highest BCUT2D eigenvalue weighted by Gasteiger charge is 2.12. The number of nitriles is 1. The summed E-state index contributed by atoms with van der Waals surface area (Å²) in [5.74, 6) is 1.28. The first-order valence-corrected chi connectivity index (χ1v) is 7.54. The first-order chi connectivity index (χ1) is 10.1. The zero-order chi connectivity index (χ0) is 15.4. The minimum Gasteiger partial charge on any atom is -0.422 e. The third kappa shape index (κ3) is 3.29. The van der Waals surface area contributed by atoms with Gasteiger partial charge in [0.15, 0.2) is 5.56 Å². The van der Waals surface area contributed by atoms with Crippen LogP contribution in [0.3, 0.4) is 0 Å². The summed E-state index contributed by atoms with van der Waals surface area (Å²) in [5.41, 5.74) is 1.39. The van der Waals surface area contributed by atoms with E-state index >= 15 is 0 Å². The van der Waals surface area contributed by atoms with Crippen LogP contribution >= 0.6 is 11.8 Å². The minimum atomic E-state index is -0.581. The standard InChI is InChI=1S/C16H16N2O2S/c1-4-21-15-9-14(20-16(19)13(15)10-17)11-5-7-12(8-6-11)18(2)3/h5-9H,4H2,1-3H3. The second-order valence-electron chi connectivity index (χ2n) is 4.62. The van der Waals surface area contributed by atoms with Crippen LogP contribution in [0.25, 0.3) is 11.3 Å². The normalized spacial score (nSPS) is 10.2. The van der Waals surface area contributed by atoms with E-state index in [-0.39, 0.29) is 5.56 Å². The van der Waals surface area contributed by atoms with Crippen molar-refractivity contribution >= 4 is 17.4 Å². The zero-order valence-electron chi connectivity index (χ0n) is 12.2. The smallest absolute Gasteiger partial charge is 0.355 e. The number of nitrogens with zero attached hydrogens (tertiary/aromatic N) is 2. The van der Waals surface area contributed by atoms with Crippen molar-refractivity contribution in [3.05, 3.63) is 46.3 Å². The van der Waals surface area contributed by atoms with E-state index < -0.39 is 5.63 Å². The van der Waals surface area contributed by atoms with Gasteiger partial charge in [-0.1, -0.05) is 6.92 Å². The van der Waals surface area contributed by atoms with Crippen molar-refractivity contribution in [2.45, 2.75) is 11.8 Å². The fourth-order valence-corrected chi connectivity index (χ4v) is 2.68. The maximum atomic E-state index is 11.9. The quantitative estimate of drug-likeness (QED) is 0.810. The summed E-state index contributed by atoms with van der Waals surface area (Å²) in [4.78, 5) is 14.6. The van der Waals surface area contributed by atoms with Crippen molar-refractivity contribution in [3.63, 3.8) is 0 Å². The molecule has 2 rings (SSSR count). The van der Waals surface area contributed by atoms with Gasteiger partial charge in [-0.2, -0.15) is 5.26 Å². The number of anilines is 1. The van der Waals surface area contributed by atoms with Crippen molar-refractivity contribution < 1.29 is 4.42 Å². The number of thioether (sulfide) groups is 1. The zero-order valence-corrected chi connectivity index (χ0v) is 13.0. The van der Waals surface area contributed by atoms with Gasteiger partial charge in [0.2, 0.25) is 0 Å². The molecule has 2 aromatic rings. The van der Waals surface area contributed by atoms with Gasteiger partial charge < -0.3 is 9.32 Å². The maximum Gasteiger partial charge on any atom is 0.355 e. The number of rotatable bonds is 4. The summed E-state index contributed by atoms with van der Waals surface area (Å²) in [6.45, 7) is 1.98. The molecule has 21 heavy (non-hydrogen) atoms. The molecule has 0 aliphatic heterocycles. The van der Waals surface area contributed by atoms with Crippen LogP contribution in [0, 0.1) is 11.3 Å². The molecule has 4 nitrogen and oxygen atoms in total. The first-order valence-electron chi connectivity index (χ1n) is 6.55. The first kappa shape index (κ1) is 15.2. The van der Waals surface area contributed by atoms with Crippen LogP contribution in [0.2, 0.25) is 0 Å². The Morgan fingerprint density at radius 2 is 1.95 bits per heavy atom. The van der Waals surface area contributed by atoms with Gasteiger partial charge in [0.25, 0.3) is 0 Å². The Kier molecular flexibility index (Phi) is 4.71. The van der Waals surface area contributed by atoms with Crippen LogP contribution in [-0.2, 0) is 0 Å². The number of benzene rings is 1.